The summed E-state index contributed by atoms with van der Waals surface area (Å²) in [6.07, 6.45) is 3.17. The first-order chi connectivity index (χ1) is 11.6. The monoisotopic (exact) mass is 320 g/mol. The first-order valence-corrected chi connectivity index (χ1v) is 8.10. The van der Waals surface area contributed by atoms with Crippen molar-refractivity contribution in [2.75, 3.05) is 7.05 Å². The van der Waals surface area contributed by atoms with Crippen LogP contribution in [0.5, 0.6) is 0 Å². The second-order valence-corrected chi connectivity index (χ2v) is 5.58. The van der Waals surface area contributed by atoms with Crippen LogP contribution in [0.1, 0.15) is 24.5 Å². The van der Waals surface area contributed by atoms with Crippen molar-refractivity contribution in [2.45, 2.75) is 19.8 Å². The van der Waals surface area contributed by atoms with Gasteiger partial charge < -0.3 is 10.2 Å². The quantitative estimate of drug-likeness (QED) is 0.829. The Morgan fingerprint density at radius 2 is 1.67 bits per heavy atom. The molecule has 0 saturated heterocycles. The predicted molar refractivity (Wildman–Crippen MR) is 99.9 cm³/mol. The number of carbonyl (C=O) groups excluding carboxylic acids is 1. The van der Waals surface area contributed by atoms with Gasteiger partial charge in [0.1, 0.15) is 5.82 Å². The number of hydrogen-bond donors (Lipinski definition) is 1. The Kier molecular flexibility index (Phi) is 6.38. The van der Waals surface area contributed by atoms with Gasteiger partial charge >= 0.3 is 0 Å². The van der Waals surface area contributed by atoms with E-state index >= 15 is 0 Å². The van der Waals surface area contributed by atoms with Crippen molar-refractivity contribution < 1.29 is 4.79 Å². The second kappa shape index (κ2) is 8.73. The maximum absolute atomic E-state index is 12.2. The smallest absolute Gasteiger partial charge is 0.225 e. The van der Waals surface area contributed by atoms with Crippen molar-refractivity contribution in [3.8, 4) is 0 Å². The third kappa shape index (κ3) is 4.85. The lowest BCUT2D eigenvalue weighted by molar-refractivity contribution is -0.120. The summed E-state index contributed by atoms with van der Waals surface area (Å²) < 4.78 is 0. The molecule has 0 aliphatic heterocycles. The van der Waals surface area contributed by atoms with Crippen LogP contribution in [0.3, 0.4) is 0 Å². The van der Waals surface area contributed by atoms with Crippen LogP contribution >= 0.6 is 0 Å². The molecule has 0 fully saturated rings. The van der Waals surface area contributed by atoms with Gasteiger partial charge in [0.2, 0.25) is 5.91 Å². The molecule has 24 heavy (non-hydrogen) atoms. The van der Waals surface area contributed by atoms with Crippen LogP contribution in [0.2, 0.25) is 0 Å². The highest BCUT2D eigenvalue weighted by Gasteiger charge is 2.12. The number of benzene rings is 2. The molecule has 2 aromatic rings. The normalized spacial score (nSPS) is 11.0. The molecule has 0 aromatic heterocycles. The van der Waals surface area contributed by atoms with Gasteiger partial charge in [0.15, 0.2) is 0 Å². The molecule has 0 heterocycles. The third-order valence-electron chi connectivity index (χ3n) is 3.88. The lowest BCUT2D eigenvalue weighted by Gasteiger charge is -2.25. The zero-order valence-corrected chi connectivity index (χ0v) is 14.3. The van der Waals surface area contributed by atoms with Gasteiger partial charge in [-0.15, -0.1) is 0 Å². The SMILES string of the molecule is C=C(NC(=O)CCc1ccccc1)N(C)/C(=C\C)c1ccccc1. The second-order valence-electron chi connectivity index (χ2n) is 5.58. The highest BCUT2D eigenvalue weighted by atomic mass is 16.1. The molecule has 1 N–H and O–H groups in total. The number of carbonyl (C=O) groups is 1. The van der Waals surface area contributed by atoms with Gasteiger partial charge in [-0.05, 0) is 24.5 Å². The van der Waals surface area contributed by atoms with E-state index in [1.807, 2.05) is 85.6 Å². The Balaban J connectivity index is 1.92. The molecule has 2 rings (SSSR count). The van der Waals surface area contributed by atoms with Crippen molar-refractivity contribution in [3.05, 3.63) is 90.3 Å². The maximum atomic E-state index is 12.2. The molecule has 0 unspecified atom stereocenters. The molecule has 124 valence electrons. The number of allylic oxidation sites excluding steroid dienone is 1. The fraction of sp³-hybridized carbons (Fsp3) is 0.190. The van der Waals surface area contributed by atoms with Gasteiger partial charge in [-0.2, -0.15) is 0 Å². The van der Waals surface area contributed by atoms with Crippen LogP contribution in [-0.2, 0) is 11.2 Å². The highest BCUT2D eigenvalue weighted by molar-refractivity contribution is 5.78. The zero-order chi connectivity index (χ0) is 17.4. The molecule has 0 saturated carbocycles. The molecule has 0 aliphatic rings. The Morgan fingerprint density at radius 1 is 1.08 bits per heavy atom. The highest BCUT2D eigenvalue weighted by Crippen LogP contribution is 2.19. The van der Waals surface area contributed by atoms with Crippen molar-refractivity contribution in [1.82, 2.24) is 10.2 Å². The van der Waals surface area contributed by atoms with E-state index < -0.39 is 0 Å². The fourth-order valence-corrected chi connectivity index (χ4v) is 2.52. The summed E-state index contributed by atoms with van der Waals surface area (Å²) >= 11 is 0. The first-order valence-electron chi connectivity index (χ1n) is 8.10. The van der Waals surface area contributed by atoms with Crippen molar-refractivity contribution in [3.63, 3.8) is 0 Å². The van der Waals surface area contributed by atoms with Crippen LogP contribution in [0.4, 0.5) is 0 Å². The van der Waals surface area contributed by atoms with Gasteiger partial charge in [-0.1, -0.05) is 73.3 Å². The van der Waals surface area contributed by atoms with Gasteiger partial charge in [0, 0.05) is 19.2 Å². The average Bonchev–Trinajstić information content (AvgIpc) is 2.62. The molecule has 3 heteroatoms. The minimum atomic E-state index is -0.0285. The van der Waals surface area contributed by atoms with Gasteiger partial charge in [0.05, 0.1) is 0 Å². The number of hydrogen-bond acceptors (Lipinski definition) is 2. The lowest BCUT2D eigenvalue weighted by atomic mass is 10.1. The summed E-state index contributed by atoms with van der Waals surface area (Å²) in [7, 11) is 1.90. The van der Waals surface area contributed by atoms with Crippen LogP contribution < -0.4 is 5.32 Å². The van der Waals surface area contributed by atoms with E-state index in [-0.39, 0.29) is 5.91 Å². The molecule has 0 radical (unpaired) electrons. The summed E-state index contributed by atoms with van der Waals surface area (Å²) in [4.78, 5) is 14.1. The van der Waals surface area contributed by atoms with E-state index in [0.717, 1.165) is 23.2 Å². The first kappa shape index (κ1) is 17.5. The predicted octanol–water partition coefficient (Wildman–Crippen LogP) is 4.20. The third-order valence-corrected chi connectivity index (χ3v) is 3.88. The Hall–Kier alpha value is -2.81. The van der Waals surface area contributed by atoms with Crippen molar-refractivity contribution in [2.24, 2.45) is 0 Å². The summed E-state index contributed by atoms with van der Waals surface area (Å²) in [5, 5.41) is 2.89. The number of amides is 1. The Morgan fingerprint density at radius 3 is 2.25 bits per heavy atom. The van der Waals surface area contributed by atoms with E-state index in [2.05, 4.69) is 11.9 Å². The summed E-state index contributed by atoms with van der Waals surface area (Å²) in [6.45, 7) is 5.97. The number of nitrogens with one attached hydrogen (secondary N) is 1. The van der Waals surface area contributed by atoms with Crippen LogP contribution in [0.15, 0.2) is 79.1 Å². The van der Waals surface area contributed by atoms with E-state index in [1.54, 1.807) is 0 Å². The fourth-order valence-electron chi connectivity index (χ4n) is 2.52. The molecular formula is C21H24N2O. The topological polar surface area (TPSA) is 32.3 Å². The van der Waals surface area contributed by atoms with Crippen LogP contribution in [0, 0.1) is 0 Å². The molecule has 3 nitrogen and oxygen atoms in total. The summed E-state index contributed by atoms with van der Waals surface area (Å²) in [5.74, 6) is 0.546. The lowest BCUT2D eigenvalue weighted by Crippen LogP contribution is -2.31. The number of nitrogens with zero attached hydrogens (tertiary/aromatic N) is 1. The van der Waals surface area contributed by atoms with Gasteiger partial charge in [-0.25, -0.2) is 0 Å². The molecule has 0 spiro atoms. The van der Waals surface area contributed by atoms with Crippen LogP contribution in [0.25, 0.3) is 5.70 Å². The maximum Gasteiger partial charge on any atom is 0.225 e. The largest absolute Gasteiger partial charge is 0.331 e. The van der Waals surface area contributed by atoms with Crippen molar-refractivity contribution in [1.29, 1.82) is 0 Å². The zero-order valence-electron chi connectivity index (χ0n) is 14.3. The molecule has 2 aromatic carbocycles. The molecule has 1 amide bonds. The van der Waals surface area contributed by atoms with E-state index in [9.17, 15) is 4.79 Å². The van der Waals surface area contributed by atoms with Crippen molar-refractivity contribution >= 4 is 11.6 Å². The minimum Gasteiger partial charge on any atom is -0.331 e. The standard InChI is InChI=1S/C21H24N2O/c1-4-20(19-13-9-6-10-14-19)23(3)17(2)22-21(24)16-15-18-11-7-5-8-12-18/h4-14H,2,15-16H2,1,3H3,(H,22,24)/b20-4-. The van der Waals surface area contributed by atoms with E-state index in [4.69, 9.17) is 0 Å². The van der Waals surface area contributed by atoms with E-state index in [0.29, 0.717) is 12.2 Å². The summed E-state index contributed by atoms with van der Waals surface area (Å²) in [5.41, 5.74) is 3.25. The van der Waals surface area contributed by atoms with Crippen LogP contribution in [-0.4, -0.2) is 17.9 Å². The number of aryl methyl sites for hydroxylation is 1. The van der Waals surface area contributed by atoms with Gasteiger partial charge in [0.25, 0.3) is 0 Å². The Labute approximate surface area is 144 Å². The van der Waals surface area contributed by atoms with E-state index in [1.165, 1.54) is 0 Å². The average molecular weight is 320 g/mol. The van der Waals surface area contributed by atoms with Gasteiger partial charge in [-0.3, -0.25) is 4.79 Å². The molecular weight excluding hydrogens is 296 g/mol. The minimum absolute atomic E-state index is 0.0285. The Bertz CT molecular complexity index is 705. The number of rotatable bonds is 7. The summed E-state index contributed by atoms with van der Waals surface area (Å²) in [6, 6.07) is 20.0. The molecule has 0 bridgehead atoms. The molecule has 0 aliphatic carbocycles. The molecule has 0 atom stereocenters.